The molecule has 0 saturated carbocycles. The molecule has 33 heavy (non-hydrogen) atoms. The summed E-state index contributed by atoms with van der Waals surface area (Å²) in [5.41, 5.74) is 1.80. The predicted octanol–water partition coefficient (Wildman–Crippen LogP) is 5.75. The minimum absolute atomic E-state index is 0.0985. The summed E-state index contributed by atoms with van der Waals surface area (Å²) in [4.78, 5) is 44.2. The van der Waals surface area contributed by atoms with Gasteiger partial charge in [-0.1, -0.05) is 34.8 Å². The Morgan fingerprint density at radius 1 is 1.00 bits per heavy atom. The number of hydrogen-bond donors (Lipinski definition) is 2. The van der Waals surface area contributed by atoms with Gasteiger partial charge in [0.2, 0.25) is 0 Å². The van der Waals surface area contributed by atoms with E-state index in [0.717, 1.165) is 15.5 Å². The summed E-state index contributed by atoms with van der Waals surface area (Å²) < 4.78 is 0. The molecule has 1 aliphatic heterocycles. The number of anilines is 3. The average Bonchev–Trinajstić information content (AvgIpc) is 3.19. The number of halogens is 3. The molecule has 0 saturated heterocycles. The molecule has 3 aromatic rings. The molecular weight excluding hydrogens is 507 g/mol. The molecule has 0 fully saturated rings. The fourth-order valence-corrected chi connectivity index (χ4v) is 4.55. The Balaban J connectivity index is 1.50. The zero-order chi connectivity index (χ0) is 23.9. The normalized spacial score (nSPS) is 13.7. The van der Waals surface area contributed by atoms with Gasteiger partial charge < -0.3 is 5.32 Å². The van der Waals surface area contributed by atoms with Crippen LogP contribution in [0.25, 0.3) is 0 Å². The van der Waals surface area contributed by atoms with E-state index in [1.807, 2.05) is 13.8 Å². The van der Waals surface area contributed by atoms with Crippen LogP contribution in [0.3, 0.4) is 0 Å². The first-order valence-electron chi connectivity index (χ1n) is 9.52. The number of amides is 3. The topological polar surface area (TPSA) is 91.4 Å². The van der Waals surface area contributed by atoms with Crippen molar-refractivity contribution in [2.45, 2.75) is 13.8 Å². The van der Waals surface area contributed by atoms with Crippen molar-refractivity contribution in [2.24, 2.45) is 0 Å². The van der Waals surface area contributed by atoms with E-state index in [1.54, 1.807) is 24.3 Å². The van der Waals surface area contributed by atoms with Crippen LogP contribution in [0.4, 0.5) is 16.5 Å². The van der Waals surface area contributed by atoms with Crippen LogP contribution in [0.5, 0.6) is 0 Å². The molecule has 2 heterocycles. The first kappa shape index (κ1) is 23.3. The largest absolute Gasteiger partial charge is 0.350 e. The summed E-state index contributed by atoms with van der Waals surface area (Å²) in [7, 11) is 0. The van der Waals surface area contributed by atoms with Crippen LogP contribution in [0.15, 0.2) is 53.2 Å². The Morgan fingerprint density at radius 3 is 2.30 bits per heavy atom. The van der Waals surface area contributed by atoms with Crippen molar-refractivity contribution < 1.29 is 14.4 Å². The molecule has 2 aromatic carbocycles. The lowest BCUT2D eigenvalue weighted by atomic mass is 10.2. The molecule has 0 atom stereocenters. The second-order valence-electron chi connectivity index (χ2n) is 7.05. The first-order valence-corrected chi connectivity index (χ1v) is 11.5. The van der Waals surface area contributed by atoms with Gasteiger partial charge in [0.1, 0.15) is 10.7 Å². The number of nitrogens with zero attached hydrogens (tertiary/aromatic N) is 2. The molecule has 2 N–H and O–H groups in total. The third-order valence-corrected chi connectivity index (χ3v) is 6.72. The fourth-order valence-electron chi connectivity index (χ4n) is 3.04. The molecule has 168 valence electrons. The van der Waals surface area contributed by atoms with Crippen LogP contribution in [-0.4, -0.2) is 22.7 Å². The molecule has 0 aliphatic carbocycles. The van der Waals surface area contributed by atoms with Gasteiger partial charge in [-0.2, -0.15) is 0 Å². The molecule has 0 bridgehead atoms. The van der Waals surface area contributed by atoms with E-state index in [2.05, 4.69) is 15.6 Å². The smallest absolute Gasteiger partial charge is 0.283 e. The van der Waals surface area contributed by atoms with Gasteiger partial charge in [0.05, 0.1) is 16.4 Å². The molecule has 3 amide bonds. The Bertz CT molecular complexity index is 1320. The Hall–Kier alpha value is -2.91. The van der Waals surface area contributed by atoms with Crippen LogP contribution in [-0.2, 0) is 9.59 Å². The molecule has 1 aromatic heterocycles. The summed E-state index contributed by atoms with van der Waals surface area (Å²) >= 11 is 19.6. The van der Waals surface area contributed by atoms with E-state index in [4.69, 9.17) is 34.8 Å². The van der Waals surface area contributed by atoms with Crippen LogP contribution in [0.2, 0.25) is 10.0 Å². The SMILES string of the molecule is Cc1nc(NC(=O)c2ccc(NC3=C(Cl)C(=O)N(c4ccc(Cl)cc4Cl)C3=O)cc2)sc1C. The number of aromatic nitrogens is 1. The first-order chi connectivity index (χ1) is 15.7. The highest BCUT2D eigenvalue weighted by atomic mass is 35.5. The summed E-state index contributed by atoms with van der Waals surface area (Å²) in [5.74, 6) is -1.69. The van der Waals surface area contributed by atoms with Crippen molar-refractivity contribution in [3.8, 4) is 0 Å². The number of carbonyl (C=O) groups is 3. The van der Waals surface area contributed by atoms with Gasteiger partial charge in [-0.05, 0) is 56.3 Å². The monoisotopic (exact) mass is 520 g/mol. The summed E-state index contributed by atoms with van der Waals surface area (Å²) in [6.07, 6.45) is 0. The number of thiazole rings is 1. The molecular formula is C22H15Cl3N4O3S. The van der Waals surface area contributed by atoms with Crippen LogP contribution in [0, 0.1) is 13.8 Å². The van der Waals surface area contributed by atoms with Crippen molar-refractivity contribution in [1.29, 1.82) is 0 Å². The van der Waals surface area contributed by atoms with E-state index >= 15 is 0 Å². The zero-order valence-electron chi connectivity index (χ0n) is 17.2. The van der Waals surface area contributed by atoms with E-state index in [9.17, 15) is 14.4 Å². The quantitative estimate of drug-likeness (QED) is 0.417. The number of nitrogens with one attached hydrogen (secondary N) is 2. The Morgan fingerprint density at radius 2 is 1.70 bits per heavy atom. The number of imide groups is 1. The fraction of sp³-hybridized carbons (Fsp3) is 0.0909. The van der Waals surface area contributed by atoms with E-state index in [1.165, 1.54) is 29.5 Å². The third-order valence-electron chi connectivity index (χ3n) is 4.84. The minimum Gasteiger partial charge on any atom is -0.350 e. The van der Waals surface area contributed by atoms with Crippen molar-refractivity contribution in [1.82, 2.24) is 4.98 Å². The molecule has 1 aliphatic rings. The van der Waals surface area contributed by atoms with E-state index < -0.39 is 11.8 Å². The maximum atomic E-state index is 12.9. The zero-order valence-corrected chi connectivity index (χ0v) is 20.3. The molecule has 11 heteroatoms. The number of benzene rings is 2. The second kappa shape index (κ2) is 9.15. The van der Waals surface area contributed by atoms with Crippen LogP contribution in [0.1, 0.15) is 20.9 Å². The maximum absolute atomic E-state index is 12.9. The number of rotatable bonds is 5. The highest BCUT2D eigenvalue weighted by molar-refractivity contribution is 7.15. The van der Waals surface area contributed by atoms with Gasteiger partial charge in [0.15, 0.2) is 5.13 Å². The number of carbonyl (C=O) groups excluding carboxylic acids is 3. The lowest BCUT2D eigenvalue weighted by Crippen LogP contribution is -2.32. The van der Waals surface area contributed by atoms with Crippen molar-refractivity contribution in [3.63, 3.8) is 0 Å². The highest BCUT2D eigenvalue weighted by Gasteiger charge is 2.39. The van der Waals surface area contributed by atoms with E-state index in [0.29, 0.717) is 21.4 Å². The van der Waals surface area contributed by atoms with E-state index in [-0.39, 0.29) is 27.3 Å². The predicted molar refractivity (Wildman–Crippen MR) is 131 cm³/mol. The Kier molecular flexibility index (Phi) is 6.45. The van der Waals surface area contributed by atoms with Crippen LogP contribution >= 0.6 is 46.1 Å². The number of aryl methyl sites for hydroxylation is 2. The van der Waals surface area contributed by atoms with Crippen molar-refractivity contribution >= 4 is 80.4 Å². The molecule has 4 rings (SSSR count). The maximum Gasteiger partial charge on any atom is 0.283 e. The van der Waals surface area contributed by atoms with Gasteiger partial charge in [0.25, 0.3) is 17.7 Å². The molecule has 0 unspecified atom stereocenters. The summed E-state index contributed by atoms with van der Waals surface area (Å²) in [6, 6.07) is 10.8. The highest BCUT2D eigenvalue weighted by Crippen LogP contribution is 2.35. The van der Waals surface area contributed by atoms with Crippen molar-refractivity contribution in [3.05, 3.63) is 79.4 Å². The standard InChI is InChI=1S/C22H15Cl3N4O3S/c1-10-11(2)33-22(26-10)28-19(30)12-3-6-14(7-4-12)27-18-17(25)20(31)29(21(18)32)16-8-5-13(23)9-15(16)24/h3-9,27H,1-2H3,(H,26,28,30). The van der Waals surface area contributed by atoms with Gasteiger partial charge in [0, 0.05) is 21.2 Å². The third kappa shape index (κ3) is 4.60. The molecule has 0 spiro atoms. The van der Waals surface area contributed by atoms with Crippen LogP contribution < -0.4 is 15.5 Å². The van der Waals surface area contributed by atoms with Gasteiger partial charge >= 0.3 is 0 Å². The molecule has 0 radical (unpaired) electrons. The minimum atomic E-state index is -0.710. The van der Waals surface area contributed by atoms with Gasteiger partial charge in [-0.25, -0.2) is 9.88 Å². The second-order valence-corrected chi connectivity index (χ2v) is 9.47. The Labute approximate surface area is 208 Å². The summed E-state index contributed by atoms with van der Waals surface area (Å²) in [5, 5.41) is 6.35. The molecule has 7 nitrogen and oxygen atoms in total. The van der Waals surface area contributed by atoms with Crippen molar-refractivity contribution in [2.75, 3.05) is 15.5 Å². The van der Waals surface area contributed by atoms with Gasteiger partial charge in [-0.15, -0.1) is 11.3 Å². The number of hydrogen-bond acceptors (Lipinski definition) is 6. The lowest BCUT2D eigenvalue weighted by molar-refractivity contribution is -0.120. The van der Waals surface area contributed by atoms with Gasteiger partial charge in [-0.3, -0.25) is 19.7 Å². The lowest BCUT2D eigenvalue weighted by Gasteiger charge is -2.16. The average molecular weight is 522 g/mol. The summed E-state index contributed by atoms with van der Waals surface area (Å²) in [6.45, 7) is 3.80.